The smallest absolute Gasteiger partial charge is 0.308 e. The van der Waals surface area contributed by atoms with Crippen LogP contribution in [-0.4, -0.2) is 41.5 Å². The standard InChI is InChI=1S/C20H40O3P/c1-4-7-15-24(16-8-5-2,17-9-6-3)18-11-10-13-20(22)14-12-19(21)23-20/h22H,4-18H2,1-3H3/q+1. The van der Waals surface area contributed by atoms with E-state index in [0.717, 1.165) is 6.42 Å². The van der Waals surface area contributed by atoms with Crippen molar-refractivity contribution in [3.05, 3.63) is 0 Å². The van der Waals surface area contributed by atoms with E-state index < -0.39 is 13.0 Å². The molecular formula is C20H40O3P+. The molecule has 1 atom stereocenters. The zero-order chi connectivity index (χ0) is 17.9. The Morgan fingerprint density at radius 2 is 1.42 bits per heavy atom. The molecule has 1 aliphatic heterocycles. The lowest BCUT2D eigenvalue weighted by molar-refractivity contribution is -0.190. The lowest BCUT2D eigenvalue weighted by atomic mass is 10.1. The maximum atomic E-state index is 11.2. The van der Waals surface area contributed by atoms with E-state index in [1.165, 1.54) is 69.6 Å². The Bertz CT molecular complexity index is 337. The third-order valence-electron chi connectivity index (χ3n) is 5.43. The summed E-state index contributed by atoms with van der Waals surface area (Å²) < 4.78 is 5.10. The quantitative estimate of drug-likeness (QED) is 0.249. The molecule has 1 aliphatic rings. The van der Waals surface area contributed by atoms with Crippen LogP contribution >= 0.6 is 7.26 Å². The van der Waals surface area contributed by atoms with Crippen LogP contribution in [-0.2, 0) is 9.53 Å². The Kier molecular flexibility index (Phi) is 10.5. The van der Waals surface area contributed by atoms with Crippen molar-refractivity contribution in [3.63, 3.8) is 0 Å². The molecule has 1 unspecified atom stereocenters. The summed E-state index contributed by atoms with van der Waals surface area (Å²) in [5, 5.41) is 10.3. The largest absolute Gasteiger partial charge is 0.433 e. The molecule has 24 heavy (non-hydrogen) atoms. The fourth-order valence-electron chi connectivity index (χ4n) is 3.79. The number of rotatable bonds is 14. The lowest BCUT2D eigenvalue weighted by Crippen LogP contribution is -2.27. The van der Waals surface area contributed by atoms with Crippen LogP contribution in [0.1, 0.15) is 91.4 Å². The van der Waals surface area contributed by atoms with Gasteiger partial charge in [-0.15, -0.1) is 0 Å². The van der Waals surface area contributed by atoms with Crippen molar-refractivity contribution in [2.24, 2.45) is 0 Å². The topological polar surface area (TPSA) is 46.5 Å². The molecule has 0 aromatic carbocycles. The van der Waals surface area contributed by atoms with Gasteiger partial charge >= 0.3 is 5.97 Å². The van der Waals surface area contributed by atoms with E-state index in [9.17, 15) is 9.90 Å². The van der Waals surface area contributed by atoms with Gasteiger partial charge in [-0.1, -0.05) is 40.0 Å². The van der Waals surface area contributed by atoms with Gasteiger partial charge in [0.05, 0.1) is 31.1 Å². The van der Waals surface area contributed by atoms with Crippen LogP contribution in [0.5, 0.6) is 0 Å². The molecule has 1 heterocycles. The molecule has 0 aromatic heterocycles. The van der Waals surface area contributed by atoms with Gasteiger partial charge in [0.25, 0.3) is 0 Å². The highest BCUT2D eigenvalue weighted by atomic mass is 31.2. The van der Waals surface area contributed by atoms with E-state index in [-0.39, 0.29) is 5.97 Å². The van der Waals surface area contributed by atoms with E-state index >= 15 is 0 Å². The second-order valence-corrected chi connectivity index (χ2v) is 12.1. The van der Waals surface area contributed by atoms with Gasteiger partial charge < -0.3 is 9.84 Å². The summed E-state index contributed by atoms with van der Waals surface area (Å²) in [6.45, 7) is 6.91. The van der Waals surface area contributed by atoms with E-state index in [1.807, 2.05) is 0 Å². The van der Waals surface area contributed by atoms with Crippen molar-refractivity contribution >= 4 is 13.2 Å². The second-order valence-electron chi connectivity index (χ2n) is 7.67. The highest BCUT2D eigenvalue weighted by Crippen LogP contribution is 2.61. The van der Waals surface area contributed by atoms with Crippen LogP contribution in [0, 0.1) is 0 Å². The Morgan fingerprint density at radius 3 is 1.83 bits per heavy atom. The second kappa shape index (κ2) is 11.5. The number of hydrogen-bond donors (Lipinski definition) is 1. The summed E-state index contributed by atoms with van der Waals surface area (Å²) in [6.07, 6.45) is 17.4. The number of cyclic esters (lactones) is 1. The van der Waals surface area contributed by atoms with Gasteiger partial charge in [0, 0.05) is 20.1 Å². The third kappa shape index (κ3) is 7.83. The average Bonchev–Trinajstić information content (AvgIpc) is 2.92. The predicted octanol–water partition coefficient (Wildman–Crippen LogP) is 5.60. The zero-order valence-corrected chi connectivity index (χ0v) is 17.2. The van der Waals surface area contributed by atoms with Crippen LogP contribution < -0.4 is 0 Å². The summed E-state index contributed by atoms with van der Waals surface area (Å²) in [5.41, 5.74) is 0. The molecular weight excluding hydrogens is 319 g/mol. The van der Waals surface area contributed by atoms with Gasteiger partial charge in [0.2, 0.25) is 5.79 Å². The van der Waals surface area contributed by atoms with Gasteiger partial charge in [0.15, 0.2) is 0 Å². The van der Waals surface area contributed by atoms with E-state index in [1.54, 1.807) is 0 Å². The Hall–Kier alpha value is -0.140. The Morgan fingerprint density at radius 1 is 0.917 bits per heavy atom. The monoisotopic (exact) mass is 359 g/mol. The molecule has 0 saturated carbocycles. The van der Waals surface area contributed by atoms with Crippen molar-refractivity contribution in [3.8, 4) is 0 Å². The molecule has 0 bridgehead atoms. The maximum absolute atomic E-state index is 11.2. The van der Waals surface area contributed by atoms with Crippen molar-refractivity contribution < 1.29 is 14.6 Å². The number of ether oxygens (including phenoxy) is 1. The molecule has 0 radical (unpaired) electrons. The van der Waals surface area contributed by atoms with Crippen LogP contribution in [0.4, 0.5) is 0 Å². The summed E-state index contributed by atoms with van der Waals surface area (Å²) in [6, 6.07) is 0. The van der Waals surface area contributed by atoms with Crippen LogP contribution in [0.15, 0.2) is 0 Å². The molecule has 1 rings (SSSR count). The molecule has 0 spiro atoms. The van der Waals surface area contributed by atoms with Crippen LogP contribution in [0.3, 0.4) is 0 Å². The minimum absolute atomic E-state index is 0.242. The summed E-state index contributed by atoms with van der Waals surface area (Å²) in [7, 11) is -0.831. The first kappa shape index (κ1) is 21.9. The van der Waals surface area contributed by atoms with E-state index in [0.29, 0.717) is 19.3 Å². The molecule has 0 aliphatic carbocycles. The molecule has 1 saturated heterocycles. The number of hydrogen-bond acceptors (Lipinski definition) is 3. The first-order valence-electron chi connectivity index (χ1n) is 10.3. The highest BCUT2D eigenvalue weighted by Gasteiger charge is 2.39. The van der Waals surface area contributed by atoms with Gasteiger partial charge in [-0.2, -0.15) is 0 Å². The summed E-state index contributed by atoms with van der Waals surface area (Å²) in [5.74, 6) is -1.40. The fourth-order valence-corrected chi connectivity index (χ4v) is 8.98. The van der Waals surface area contributed by atoms with Crippen molar-refractivity contribution in [2.75, 3.05) is 24.6 Å². The Labute approximate surface area is 150 Å². The summed E-state index contributed by atoms with van der Waals surface area (Å²) in [4.78, 5) is 11.2. The number of carbonyl (C=O) groups excluding carboxylic acids is 1. The average molecular weight is 360 g/mol. The van der Waals surface area contributed by atoms with Crippen molar-refractivity contribution in [1.82, 2.24) is 0 Å². The molecule has 0 aromatic rings. The van der Waals surface area contributed by atoms with E-state index in [2.05, 4.69) is 20.8 Å². The molecule has 1 N–H and O–H groups in total. The van der Waals surface area contributed by atoms with Crippen LogP contribution in [0.2, 0.25) is 0 Å². The number of unbranched alkanes of at least 4 members (excludes halogenated alkanes) is 4. The van der Waals surface area contributed by atoms with Gasteiger partial charge in [-0.3, -0.25) is 4.79 Å². The minimum Gasteiger partial charge on any atom is -0.433 e. The van der Waals surface area contributed by atoms with Crippen LogP contribution in [0.25, 0.3) is 0 Å². The fraction of sp³-hybridized carbons (Fsp3) is 0.950. The first-order valence-corrected chi connectivity index (χ1v) is 12.8. The number of aliphatic hydroxyl groups is 1. The van der Waals surface area contributed by atoms with Gasteiger partial charge in [-0.05, 0) is 32.1 Å². The Balaban J connectivity index is 2.50. The SMILES string of the molecule is CCCC[P+](CCCC)(CCCC)CCCCC1(O)CCC(=O)O1. The van der Waals surface area contributed by atoms with Gasteiger partial charge in [0.1, 0.15) is 0 Å². The predicted molar refractivity (Wildman–Crippen MR) is 105 cm³/mol. The highest BCUT2D eigenvalue weighted by molar-refractivity contribution is 7.75. The maximum Gasteiger partial charge on any atom is 0.308 e. The lowest BCUT2D eigenvalue weighted by Gasteiger charge is -2.28. The zero-order valence-electron chi connectivity index (χ0n) is 16.3. The van der Waals surface area contributed by atoms with Crippen molar-refractivity contribution in [2.45, 2.75) is 97.2 Å². The normalized spacial score (nSPS) is 21.2. The third-order valence-corrected chi connectivity index (χ3v) is 10.5. The van der Waals surface area contributed by atoms with E-state index in [4.69, 9.17) is 4.74 Å². The first-order chi connectivity index (χ1) is 11.5. The molecule has 142 valence electrons. The molecule has 0 amide bonds. The molecule has 3 nitrogen and oxygen atoms in total. The van der Waals surface area contributed by atoms with Gasteiger partial charge in [-0.25, -0.2) is 0 Å². The summed E-state index contributed by atoms with van der Waals surface area (Å²) >= 11 is 0. The van der Waals surface area contributed by atoms with Crippen molar-refractivity contribution in [1.29, 1.82) is 0 Å². The molecule has 1 fully saturated rings. The number of esters is 1. The molecule has 4 heteroatoms. The minimum atomic E-state index is -1.16. The number of carbonyl (C=O) groups is 1.